The van der Waals surface area contributed by atoms with Crippen molar-refractivity contribution < 1.29 is 14.4 Å². The minimum atomic E-state index is -0.283. The van der Waals surface area contributed by atoms with Crippen molar-refractivity contribution in [1.29, 1.82) is 0 Å². The van der Waals surface area contributed by atoms with Crippen LogP contribution in [0.4, 0.5) is 5.69 Å². The summed E-state index contributed by atoms with van der Waals surface area (Å²) < 4.78 is 0. The Hall–Kier alpha value is -2.21. The smallest absolute Gasteiger partial charge is 0.261 e. The molecule has 2 aromatic rings. The second-order valence-corrected chi connectivity index (χ2v) is 6.17. The highest BCUT2D eigenvalue weighted by Crippen LogP contribution is 2.34. The highest BCUT2D eigenvalue weighted by molar-refractivity contribution is 9.09. The van der Waals surface area contributed by atoms with E-state index in [4.69, 9.17) is 0 Å². The Morgan fingerprint density at radius 2 is 1.83 bits per heavy atom. The third kappa shape index (κ3) is 2.63. The van der Waals surface area contributed by atoms with Gasteiger partial charge in [-0.3, -0.25) is 19.3 Å². The van der Waals surface area contributed by atoms with Crippen LogP contribution in [0.2, 0.25) is 0 Å². The molecule has 1 N–H and O–H groups in total. The zero-order valence-electron chi connectivity index (χ0n) is 12.6. The standard InChI is InChI=1S/C17H15BrN2O3/c1-10(21)19-14-7-6-13-15-11(14)4-2-5-12(15)16(22)20(17(13)23)9-3-8-18/h2,4-7H,3,8-9H2,1H3,(H,19,21). The average molecular weight is 375 g/mol. The molecule has 0 aromatic heterocycles. The predicted octanol–water partition coefficient (Wildman–Crippen LogP) is 3.18. The predicted molar refractivity (Wildman–Crippen MR) is 92.0 cm³/mol. The lowest BCUT2D eigenvalue weighted by molar-refractivity contribution is -0.114. The lowest BCUT2D eigenvalue weighted by Crippen LogP contribution is -2.41. The summed E-state index contributed by atoms with van der Waals surface area (Å²) in [7, 11) is 0. The largest absolute Gasteiger partial charge is 0.326 e. The lowest BCUT2D eigenvalue weighted by atomic mass is 9.93. The molecule has 0 unspecified atom stereocenters. The monoisotopic (exact) mass is 374 g/mol. The number of rotatable bonds is 4. The van der Waals surface area contributed by atoms with Gasteiger partial charge in [-0.05, 0) is 24.6 Å². The summed E-state index contributed by atoms with van der Waals surface area (Å²) in [6.45, 7) is 1.81. The Labute approximate surface area is 141 Å². The summed E-state index contributed by atoms with van der Waals surface area (Å²) in [5.74, 6) is -0.763. The minimum absolute atomic E-state index is 0.196. The number of nitrogens with zero attached hydrogens (tertiary/aromatic N) is 1. The Balaban J connectivity index is 2.19. The van der Waals surface area contributed by atoms with E-state index in [0.29, 0.717) is 40.6 Å². The van der Waals surface area contributed by atoms with Gasteiger partial charge in [0, 0.05) is 46.4 Å². The number of halogens is 1. The molecule has 0 fully saturated rings. The molecule has 1 heterocycles. The Morgan fingerprint density at radius 3 is 2.48 bits per heavy atom. The normalized spacial score (nSPS) is 13.6. The number of anilines is 1. The van der Waals surface area contributed by atoms with Gasteiger partial charge in [-0.25, -0.2) is 0 Å². The van der Waals surface area contributed by atoms with Gasteiger partial charge in [0.15, 0.2) is 0 Å². The van der Waals surface area contributed by atoms with Crippen molar-refractivity contribution >= 4 is 50.1 Å². The van der Waals surface area contributed by atoms with Crippen LogP contribution < -0.4 is 5.32 Å². The summed E-state index contributed by atoms with van der Waals surface area (Å²) in [5, 5.41) is 4.79. The highest BCUT2D eigenvalue weighted by atomic mass is 79.9. The van der Waals surface area contributed by atoms with Crippen molar-refractivity contribution in [3.05, 3.63) is 41.5 Å². The number of alkyl halides is 1. The van der Waals surface area contributed by atoms with Crippen molar-refractivity contribution in [3.63, 3.8) is 0 Å². The highest BCUT2D eigenvalue weighted by Gasteiger charge is 2.32. The third-order valence-corrected chi connectivity index (χ3v) is 4.38. The van der Waals surface area contributed by atoms with Gasteiger partial charge in [0.05, 0.1) is 0 Å². The first-order chi connectivity index (χ1) is 11.0. The van der Waals surface area contributed by atoms with Gasteiger partial charge in [-0.1, -0.05) is 28.1 Å². The Kier molecular flexibility index (Phi) is 4.17. The number of hydrogen-bond donors (Lipinski definition) is 1. The third-order valence-electron chi connectivity index (χ3n) is 3.82. The average Bonchev–Trinajstić information content (AvgIpc) is 2.53. The number of carbonyl (C=O) groups excluding carboxylic acids is 3. The van der Waals surface area contributed by atoms with E-state index in [0.717, 1.165) is 5.33 Å². The molecular weight excluding hydrogens is 360 g/mol. The van der Waals surface area contributed by atoms with Crippen LogP contribution in [-0.2, 0) is 4.79 Å². The number of benzene rings is 2. The summed E-state index contributed by atoms with van der Waals surface area (Å²) in [6.07, 6.45) is 0.701. The fraction of sp³-hybridized carbons (Fsp3) is 0.235. The van der Waals surface area contributed by atoms with Crippen LogP contribution in [0.15, 0.2) is 30.3 Å². The molecule has 0 spiro atoms. The molecule has 6 heteroatoms. The summed E-state index contributed by atoms with van der Waals surface area (Å²) in [5.41, 5.74) is 1.60. The van der Waals surface area contributed by atoms with Crippen molar-refractivity contribution in [2.24, 2.45) is 0 Å². The first-order valence-corrected chi connectivity index (χ1v) is 8.42. The fourth-order valence-corrected chi connectivity index (χ4v) is 3.12. The molecule has 1 aliphatic rings. The van der Waals surface area contributed by atoms with Crippen molar-refractivity contribution in [2.45, 2.75) is 13.3 Å². The number of amides is 3. The van der Waals surface area contributed by atoms with Gasteiger partial charge in [0.1, 0.15) is 0 Å². The fourth-order valence-electron chi connectivity index (χ4n) is 2.87. The first kappa shape index (κ1) is 15.7. The van der Waals surface area contributed by atoms with Crippen molar-refractivity contribution in [3.8, 4) is 0 Å². The molecule has 0 atom stereocenters. The van der Waals surface area contributed by atoms with Gasteiger partial charge in [-0.15, -0.1) is 0 Å². The SMILES string of the molecule is CC(=O)Nc1ccc2c3c(cccc13)C(=O)N(CCCBr)C2=O. The van der Waals surface area contributed by atoms with Crippen LogP contribution in [-0.4, -0.2) is 34.5 Å². The molecule has 0 radical (unpaired) electrons. The van der Waals surface area contributed by atoms with Crippen molar-refractivity contribution in [1.82, 2.24) is 4.90 Å². The molecule has 118 valence electrons. The number of carbonyl (C=O) groups is 3. The zero-order valence-corrected chi connectivity index (χ0v) is 14.1. The Morgan fingerprint density at radius 1 is 1.13 bits per heavy atom. The second-order valence-electron chi connectivity index (χ2n) is 5.37. The van der Waals surface area contributed by atoms with Crippen LogP contribution in [0.1, 0.15) is 34.1 Å². The van der Waals surface area contributed by atoms with E-state index in [1.165, 1.54) is 11.8 Å². The van der Waals surface area contributed by atoms with Crippen LogP contribution >= 0.6 is 15.9 Å². The minimum Gasteiger partial charge on any atom is -0.326 e. The zero-order chi connectivity index (χ0) is 16.6. The van der Waals surface area contributed by atoms with E-state index in [9.17, 15) is 14.4 Å². The molecule has 3 rings (SSSR count). The molecule has 23 heavy (non-hydrogen) atoms. The molecule has 1 aliphatic heterocycles. The summed E-state index contributed by atoms with van der Waals surface area (Å²) in [4.78, 5) is 38.0. The maximum atomic E-state index is 12.7. The maximum Gasteiger partial charge on any atom is 0.261 e. The van der Waals surface area contributed by atoms with Gasteiger partial charge in [-0.2, -0.15) is 0 Å². The number of nitrogens with one attached hydrogen (secondary N) is 1. The maximum absolute atomic E-state index is 12.7. The number of hydrogen-bond acceptors (Lipinski definition) is 3. The molecular formula is C17H15BrN2O3. The topological polar surface area (TPSA) is 66.5 Å². The van der Waals surface area contributed by atoms with Gasteiger partial charge < -0.3 is 5.32 Å². The second kappa shape index (κ2) is 6.12. The van der Waals surface area contributed by atoms with E-state index < -0.39 is 0 Å². The molecule has 0 saturated heterocycles. The molecule has 5 nitrogen and oxygen atoms in total. The van der Waals surface area contributed by atoms with Gasteiger partial charge >= 0.3 is 0 Å². The van der Waals surface area contributed by atoms with E-state index in [2.05, 4.69) is 21.2 Å². The lowest BCUT2D eigenvalue weighted by Gasteiger charge is -2.27. The van der Waals surface area contributed by atoms with Crippen LogP contribution in [0.3, 0.4) is 0 Å². The molecule has 0 aliphatic carbocycles. The van der Waals surface area contributed by atoms with Gasteiger partial charge in [0.2, 0.25) is 5.91 Å². The molecule has 2 aromatic carbocycles. The molecule has 0 saturated carbocycles. The van der Waals surface area contributed by atoms with E-state index in [1.807, 2.05) is 6.07 Å². The van der Waals surface area contributed by atoms with E-state index in [1.54, 1.807) is 24.3 Å². The summed E-state index contributed by atoms with van der Waals surface area (Å²) in [6, 6.07) is 8.68. The van der Waals surface area contributed by atoms with E-state index >= 15 is 0 Å². The van der Waals surface area contributed by atoms with E-state index in [-0.39, 0.29) is 17.7 Å². The Bertz CT molecular complexity index is 810. The molecule has 0 bridgehead atoms. The van der Waals surface area contributed by atoms with Crippen molar-refractivity contribution in [2.75, 3.05) is 17.2 Å². The summed E-state index contributed by atoms with van der Waals surface area (Å²) >= 11 is 3.32. The van der Waals surface area contributed by atoms with Gasteiger partial charge in [0.25, 0.3) is 11.8 Å². The first-order valence-electron chi connectivity index (χ1n) is 7.30. The quantitative estimate of drug-likeness (QED) is 0.660. The van der Waals surface area contributed by atoms with Crippen LogP contribution in [0.25, 0.3) is 10.8 Å². The number of imide groups is 1. The van der Waals surface area contributed by atoms with Crippen LogP contribution in [0, 0.1) is 0 Å². The molecule has 3 amide bonds. The van der Waals surface area contributed by atoms with Crippen LogP contribution in [0.5, 0.6) is 0 Å².